The highest BCUT2D eigenvalue weighted by atomic mass is 16.1. The minimum Gasteiger partial charge on any atom is -0.355 e. The van der Waals surface area contributed by atoms with E-state index in [9.17, 15) is 9.59 Å². The third-order valence-electron chi connectivity index (χ3n) is 1.79. The minimum atomic E-state index is -0.0435. The predicted octanol–water partition coefficient (Wildman–Crippen LogP) is 0.934. The molecule has 0 atom stereocenters. The summed E-state index contributed by atoms with van der Waals surface area (Å²) in [7, 11) is 0. The predicted molar refractivity (Wildman–Crippen MR) is 53.8 cm³/mol. The van der Waals surface area contributed by atoms with E-state index in [0.29, 0.717) is 19.4 Å². The smallest absolute Gasteiger partial charge is 0.224 e. The van der Waals surface area contributed by atoms with Crippen molar-refractivity contribution in [1.82, 2.24) is 5.32 Å². The maximum Gasteiger partial charge on any atom is 0.224 e. The number of nitrogens with one attached hydrogen (secondary N) is 1. The Balaban J connectivity index is 2.31. The van der Waals surface area contributed by atoms with Crippen LogP contribution in [0.25, 0.3) is 0 Å². The van der Waals surface area contributed by atoms with Crippen LogP contribution in [-0.2, 0) is 16.0 Å². The van der Waals surface area contributed by atoms with Gasteiger partial charge in [-0.3, -0.25) is 4.79 Å². The number of hydrogen-bond acceptors (Lipinski definition) is 2. The van der Waals surface area contributed by atoms with Crippen molar-refractivity contribution in [3.8, 4) is 0 Å². The van der Waals surface area contributed by atoms with Gasteiger partial charge in [0, 0.05) is 13.0 Å². The van der Waals surface area contributed by atoms with E-state index in [2.05, 4.69) is 5.32 Å². The first-order valence-corrected chi connectivity index (χ1v) is 4.57. The topological polar surface area (TPSA) is 46.2 Å². The minimum absolute atomic E-state index is 0.0435. The number of benzene rings is 1. The molecule has 0 saturated carbocycles. The molecule has 0 saturated heterocycles. The van der Waals surface area contributed by atoms with Gasteiger partial charge in [0.25, 0.3) is 0 Å². The zero-order valence-electron chi connectivity index (χ0n) is 7.90. The molecule has 74 valence electrons. The first-order valence-electron chi connectivity index (χ1n) is 4.57. The van der Waals surface area contributed by atoms with Gasteiger partial charge in [-0.15, -0.1) is 0 Å². The molecule has 0 aromatic heterocycles. The molecule has 0 spiro atoms. The Morgan fingerprint density at radius 1 is 1.29 bits per heavy atom. The maximum absolute atomic E-state index is 11.3. The van der Waals surface area contributed by atoms with E-state index in [1.54, 1.807) is 0 Å². The third kappa shape index (κ3) is 3.85. The molecular formula is C11H13NO2. The van der Waals surface area contributed by atoms with E-state index in [-0.39, 0.29) is 5.91 Å². The molecular weight excluding hydrogens is 178 g/mol. The molecule has 1 rings (SSSR count). The van der Waals surface area contributed by atoms with Gasteiger partial charge in [0.05, 0.1) is 6.42 Å². The lowest BCUT2D eigenvalue weighted by atomic mass is 10.1. The Morgan fingerprint density at radius 2 is 2.00 bits per heavy atom. The molecule has 0 unspecified atom stereocenters. The van der Waals surface area contributed by atoms with E-state index < -0.39 is 0 Å². The number of rotatable bonds is 5. The van der Waals surface area contributed by atoms with Crippen molar-refractivity contribution in [1.29, 1.82) is 0 Å². The van der Waals surface area contributed by atoms with Crippen LogP contribution in [0, 0.1) is 0 Å². The summed E-state index contributed by atoms with van der Waals surface area (Å²) in [5, 5.41) is 2.66. The molecule has 1 amide bonds. The number of amides is 1. The molecule has 0 heterocycles. The fraction of sp³-hybridized carbons (Fsp3) is 0.273. The van der Waals surface area contributed by atoms with Crippen molar-refractivity contribution in [2.45, 2.75) is 12.8 Å². The number of aldehydes is 1. The Bertz CT molecular complexity index is 295. The summed E-state index contributed by atoms with van der Waals surface area (Å²) in [6, 6.07) is 9.51. The number of hydrogen-bond donors (Lipinski definition) is 1. The van der Waals surface area contributed by atoms with E-state index >= 15 is 0 Å². The van der Waals surface area contributed by atoms with Crippen molar-refractivity contribution < 1.29 is 9.59 Å². The van der Waals surface area contributed by atoms with Crippen LogP contribution in [0.1, 0.15) is 12.0 Å². The van der Waals surface area contributed by atoms with Crippen molar-refractivity contribution >= 4 is 12.2 Å². The van der Waals surface area contributed by atoms with Gasteiger partial charge < -0.3 is 10.1 Å². The van der Waals surface area contributed by atoms with Gasteiger partial charge in [0.2, 0.25) is 5.91 Å². The highest BCUT2D eigenvalue weighted by Crippen LogP contribution is 1.98. The fourth-order valence-electron chi connectivity index (χ4n) is 1.11. The second kappa shape index (κ2) is 5.91. The van der Waals surface area contributed by atoms with Crippen LogP contribution in [0.4, 0.5) is 0 Å². The Hall–Kier alpha value is -1.64. The molecule has 3 heteroatoms. The lowest BCUT2D eigenvalue weighted by molar-refractivity contribution is -0.120. The van der Waals surface area contributed by atoms with Gasteiger partial charge in [-0.2, -0.15) is 0 Å². The highest BCUT2D eigenvalue weighted by molar-refractivity contribution is 5.78. The first-order chi connectivity index (χ1) is 6.83. The van der Waals surface area contributed by atoms with Crippen LogP contribution in [0.3, 0.4) is 0 Å². The second-order valence-corrected chi connectivity index (χ2v) is 2.97. The lowest BCUT2D eigenvalue weighted by Crippen LogP contribution is -2.26. The molecule has 0 aliphatic heterocycles. The largest absolute Gasteiger partial charge is 0.355 e. The zero-order valence-corrected chi connectivity index (χ0v) is 7.90. The van der Waals surface area contributed by atoms with E-state index in [4.69, 9.17) is 0 Å². The van der Waals surface area contributed by atoms with Crippen molar-refractivity contribution in [3.63, 3.8) is 0 Å². The van der Waals surface area contributed by atoms with Crippen molar-refractivity contribution in [2.24, 2.45) is 0 Å². The normalized spacial score (nSPS) is 9.43. The van der Waals surface area contributed by atoms with E-state index in [1.165, 1.54) is 0 Å². The summed E-state index contributed by atoms with van der Waals surface area (Å²) in [5.74, 6) is -0.0435. The average molecular weight is 191 g/mol. The molecule has 1 aromatic rings. The van der Waals surface area contributed by atoms with Gasteiger partial charge >= 0.3 is 0 Å². The van der Waals surface area contributed by atoms with Gasteiger partial charge in [-0.05, 0) is 5.56 Å². The maximum atomic E-state index is 11.3. The van der Waals surface area contributed by atoms with Crippen LogP contribution < -0.4 is 5.32 Å². The monoisotopic (exact) mass is 191 g/mol. The molecule has 0 aliphatic carbocycles. The molecule has 14 heavy (non-hydrogen) atoms. The van der Waals surface area contributed by atoms with Crippen molar-refractivity contribution in [3.05, 3.63) is 35.9 Å². The molecule has 0 bridgehead atoms. The van der Waals surface area contributed by atoms with Gasteiger partial charge in [0.15, 0.2) is 0 Å². The molecule has 3 nitrogen and oxygen atoms in total. The Morgan fingerprint density at radius 3 is 2.64 bits per heavy atom. The molecule has 1 N–H and O–H groups in total. The summed E-state index contributed by atoms with van der Waals surface area (Å²) in [6.45, 7) is 0.426. The van der Waals surface area contributed by atoms with Gasteiger partial charge in [0.1, 0.15) is 6.29 Å². The molecule has 0 radical (unpaired) electrons. The standard InChI is InChI=1S/C11H13NO2/c13-8-4-7-12-11(14)9-10-5-2-1-3-6-10/h1-3,5-6,8H,4,7,9H2,(H,12,14). The van der Waals surface area contributed by atoms with Crippen LogP contribution in [0.2, 0.25) is 0 Å². The number of carbonyl (C=O) groups excluding carboxylic acids is 2. The molecule has 0 aliphatic rings. The fourth-order valence-corrected chi connectivity index (χ4v) is 1.11. The molecule has 0 fully saturated rings. The summed E-state index contributed by atoms with van der Waals surface area (Å²) >= 11 is 0. The van der Waals surface area contributed by atoms with Crippen LogP contribution >= 0.6 is 0 Å². The summed E-state index contributed by atoms with van der Waals surface area (Å²) in [4.78, 5) is 21.3. The Labute approximate surface area is 83.1 Å². The lowest BCUT2D eigenvalue weighted by Gasteiger charge is -2.02. The Kier molecular flexibility index (Phi) is 4.41. The van der Waals surface area contributed by atoms with Gasteiger partial charge in [-0.25, -0.2) is 0 Å². The SMILES string of the molecule is O=CCCNC(=O)Cc1ccccc1. The third-order valence-corrected chi connectivity index (χ3v) is 1.79. The van der Waals surface area contributed by atoms with Crippen LogP contribution in [0.5, 0.6) is 0 Å². The summed E-state index contributed by atoms with van der Waals surface area (Å²) in [5.41, 5.74) is 0.983. The quantitative estimate of drug-likeness (QED) is 0.556. The number of carbonyl (C=O) groups is 2. The summed E-state index contributed by atoms with van der Waals surface area (Å²) in [6.07, 6.45) is 1.54. The van der Waals surface area contributed by atoms with Crippen molar-refractivity contribution in [2.75, 3.05) is 6.54 Å². The van der Waals surface area contributed by atoms with Crippen LogP contribution in [0.15, 0.2) is 30.3 Å². The molecule has 1 aromatic carbocycles. The zero-order chi connectivity index (χ0) is 10.2. The van der Waals surface area contributed by atoms with E-state index in [0.717, 1.165) is 11.8 Å². The first kappa shape index (κ1) is 10.4. The second-order valence-electron chi connectivity index (χ2n) is 2.97. The summed E-state index contributed by atoms with van der Waals surface area (Å²) < 4.78 is 0. The highest BCUT2D eigenvalue weighted by Gasteiger charge is 2.00. The van der Waals surface area contributed by atoms with E-state index in [1.807, 2.05) is 30.3 Å². The van der Waals surface area contributed by atoms with Gasteiger partial charge in [-0.1, -0.05) is 30.3 Å². The average Bonchev–Trinajstić information content (AvgIpc) is 2.20. The van der Waals surface area contributed by atoms with Crippen LogP contribution in [-0.4, -0.2) is 18.7 Å².